The molecule has 0 aliphatic heterocycles. The van der Waals surface area contributed by atoms with E-state index in [4.69, 9.17) is 10.5 Å². The SMILES string of the molecule is C=C[C@H](N)c1cc(OC)ccc1C. The van der Waals surface area contributed by atoms with Crippen LogP contribution in [-0.2, 0) is 0 Å². The molecule has 0 radical (unpaired) electrons. The van der Waals surface area contributed by atoms with Crippen LogP contribution in [-0.4, -0.2) is 7.11 Å². The Bertz CT molecular complexity index is 307. The van der Waals surface area contributed by atoms with Gasteiger partial charge in [-0.05, 0) is 30.2 Å². The van der Waals surface area contributed by atoms with E-state index < -0.39 is 0 Å². The van der Waals surface area contributed by atoms with Crippen LogP contribution in [0.25, 0.3) is 0 Å². The topological polar surface area (TPSA) is 35.2 Å². The Balaban J connectivity index is 3.10. The van der Waals surface area contributed by atoms with Crippen LogP contribution in [0.2, 0.25) is 0 Å². The molecule has 1 rings (SSSR count). The maximum Gasteiger partial charge on any atom is 0.119 e. The highest BCUT2D eigenvalue weighted by molar-refractivity contribution is 5.38. The van der Waals surface area contributed by atoms with Crippen molar-refractivity contribution in [3.63, 3.8) is 0 Å². The van der Waals surface area contributed by atoms with Gasteiger partial charge in [0, 0.05) is 6.04 Å². The normalized spacial score (nSPS) is 12.2. The van der Waals surface area contributed by atoms with Gasteiger partial charge in [-0.2, -0.15) is 0 Å². The number of rotatable bonds is 3. The average Bonchev–Trinajstić information content (AvgIpc) is 2.17. The second-order valence-corrected chi connectivity index (χ2v) is 2.98. The van der Waals surface area contributed by atoms with Gasteiger partial charge in [0.25, 0.3) is 0 Å². The lowest BCUT2D eigenvalue weighted by molar-refractivity contribution is 0.414. The summed E-state index contributed by atoms with van der Waals surface area (Å²) in [6, 6.07) is 5.75. The summed E-state index contributed by atoms with van der Waals surface area (Å²) in [5.41, 5.74) is 8.07. The summed E-state index contributed by atoms with van der Waals surface area (Å²) in [4.78, 5) is 0. The smallest absolute Gasteiger partial charge is 0.119 e. The summed E-state index contributed by atoms with van der Waals surface area (Å²) in [6.45, 7) is 5.69. The van der Waals surface area contributed by atoms with Crippen molar-refractivity contribution in [1.29, 1.82) is 0 Å². The summed E-state index contributed by atoms with van der Waals surface area (Å²) in [6.07, 6.45) is 1.72. The molecule has 0 spiro atoms. The minimum Gasteiger partial charge on any atom is -0.497 e. The Morgan fingerprint density at radius 1 is 1.54 bits per heavy atom. The zero-order valence-corrected chi connectivity index (χ0v) is 8.08. The predicted molar refractivity (Wildman–Crippen MR) is 54.9 cm³/mol. The zero-order chi connectivity index (χ0) is 9.84. The Kier molecular flexibility index (Phi) is 3.09. The molecule has 0 heterocycles. The maximum absolute atomic E-state index is 5.85. The first-order valence-electron chi connectivity index (χ1n) is 4.21. The number of aryl methyl sites for hydroxylation is 1. The highest BCUT2D eigenvalue weighted by Gasteiger charge is 2.05. The molecule has 0 unspecified atom stereocenters. The highest BCUT2D eigenvalue weighted by atomic mass is 16.5. The fraction of sp³-hybridized carbons (Fsp3) is 0.273. The van der Waals surface area contributed by atoms with Crippen molar-refractivity contribution in [1.82, 2.24) is 0 Å². The summed E-state index contributed by atoms with van der Waals surface area (Å²) < 4.78 is 5.11. The molecule has 2 N–H and O–H groups in total. The van der Waals surface area contributed by atoms with Gasteiger partial charge < -0.3 is 10.5 Å². The van der Waals surface area contributed by atoms with Crippen LogP contribution in [0.3, 0.4) is 0 Å². The third-order valence-electron chi connectivity index (χ3n) is 2.10. The fourth-order valence-electron chi connectivity index (χ4n) is 1.23. The van der Waals surface area contributed by atoms with Gasteiger partial charge in [0.1, 0.15) is 5.75 Å². The summed E-state index contributed by atoms with van der Waals surface area (Å²) in [7, 11) is 1.65. The van der Waals surface area contributed by atoms with Gasteiger partial charge in [0.05, 0.1) is 7.11 Å². The minimum atomic E-state index is -0.116. The van der Waals surface area contributed by atoms with Gasteiger partial charge in [-0.1, -0.05) is 12.1 Å². The second kappa shape index (κ2) is 4.10. The predicted octanol–water partition coefficient (Wildman–Crippen LogP) is 2.19. The average molecular weight is 177 g/mol. The van der Waals surface area contributed by atoms with E-state index in [9.17, 15) is 0 Å². The Labute approximate surface area is 79.0 Å². The molecule has 0 bridgehead atoms. The number of hydrogen-bond donors (Lipinski definition) is 1. The Hall–Kier alpha value is -1.28. The van der Waals surface area contributed by atoms with Crippen LogP contribution >= 0.6 is 0 Å². The lowest BCUT2D eigenvalue weighted by Crippen LogP contribution is -2.08. The van der Waals surface area contributed by atoms with Crippen molar-refractivity contribution in [3.05, 3.63) is 42.0 Å². The summed E-state index contributed by atoms with van der Waals surface area (Å²) >= 11 is 0. The van der Waals surface area contributed by atoms with Gasteiger partial charge in [-0.15, -0.1) is 6.58 Å². The van der Waals surface area contributed by atoms with Crippen LogP contribution < -0.4 is 10.5 Å². The van der Waals surface area contributed by atoms with E-state index in [-0.39, 0.29) is 6.04 Å². The number of hydrogen-bond acceptors (Lipinski definition) is 2. The van der Waals surface area contributed by atoms with Crippen LogP contribution in [0.4, 0.5) is 0 Å². The zero-order valence-electron chi connectivity index (χ0n) is 8.08. The van der Waals surface area contributed by atoms with Gasteiger partial charge in [-0.25, -0.2) is 0 Å². The molecular weight excluding hydrogens is 162 g/mol. The number of methoxy groups -OCH3 is 1. The van der Waals surface area contributed by atoms with Crippen molar-refractivity contribution in [2.45, 2.75) is 13.0 Å². The lowest BCUT2D eigenvalue weighted by atomic mass is 10.0. The quantitative estimate of drug-likeness (QED) is 0.718. The molecule has 2 heteroatoms. The molecule has 70 valence electrons. The molecule has 1 atom stereocenters. The third kappa shape index (κ3) is 2.10. The van der Waals surface area contributed by atoms with Crippen molar-refractivity contribution in [2.75, 3.05) is 7.11 Å². The Morgan fingerprint density at radius 3 is 2.77 bits per heavy atom. The molecule has 0 saturated carbocycles. The van der Waals surface area contributed by atoms with E-state index in [1.807, 2.05) is 25.1 Å². The first-order valence-corrected chi connectivity index (χ1v) is 4.21. The van der Waals surface area contributed by atoms with E-state index >= 15 is 0 Å². The molecule has 1 aromatic carbocycles. The van der Waals surface area contributed by atoms with E-state index in [2.05, 4.69) is 6.58 Å². The minimum absolute atomic E-state index is 0.116. The van der Waals surface area contributed by atoms with Gasteiger partial charge >= 0.3 is 0 Å². The molecule has 0 amide bonds. The lowest BCUT2D eigenvalue weighted by Gasteiger charge is -2.11. The Morgan fingerprint density at radius 2 is 2.23 bits per heavy atom. The van der Waals surface area contributed by atoms with E-state index in [0.717, 1.165) is 16.9 Å². The largest absolute Gasteiger partial charge is 0.497 e. The second-order valence-electron chi connectivity index (χ2n) is 2.98. The van der Waals surface area contributed by atoms with Crippen LogP contribution in [0.5, 0.6) is 5.75 Å². The van der Waals surface area contributed by atoms with Crippen molar-refractivity contribution >= 4 is 0 Å². The van der Waals surface area contributed by atoms with Crippen LogP contribution in [0.15, 0.2) is 30.9 Å². The van der Waals surface area contributed by atoms with Gasteiger partial charge in [-0.3, -0.25) is 0 Å². The first kappa shape index (κ1) is 9.81. The maximum atomic E-state index is 5.85. The van der Waals surface area contributed by atoms with Gasteiger partial charge in [0.2, 0.25) is 0 Å². The summed E-state index contributed by atoms with van der Waals surface area (Å²) in [5.74, 6) is 0.831. The molecule has 2 nitrogen and oxygen atoms in total. The van der Waals surface area contributed by atoms with Gasteiger partial charge in [0.15, 0.2) is 0 Å². The number of ether oxygens (including phenoxy) is 1. The van der Waals surface area contributed by atoms with Crippen molar-refractivity contribution in [3.8, 4) is 5.75 Å². The molecular formula is C11H15NO. The van der Waals surface area contributed by atoms with Crippen molar-refractivity contribution in [2.24, 2.45) is 5.73 Å². The standard InChI is InChI=1S/C11H15NO/c1-4-11(12)10-7-9(13-3)6-5-8(10)2/h4-7,11H,1,12H2,2-3H3/t11-/m0/s1. The van der Waals surface area contributed by atoms with E-state index in [1.165, 1.54) is 0 Å². The molecule has 0 aliphatic carbocycles. The molecule has 1 aromatic rings. The highest BCUT2D eigenvalue weighted by Crippen LogP contribution is 2.22. The van der Waals surface area contributed by atoms with E-state index in [1.54, 1.807) is 13.2 Å². The fourth-order valence-corrected chi connectivity index (χ4v) is 1.23. The van der Waals surface area contributed by atoms with Crippen LogP contribution in [0.1, 0.15) is 17.2 Å². The molecule has 0 fully saturated rings. The van der Waals surface area contributed by atoms with E-state index in [0.29, 0.717) is 0 Å². The molecule has 0 aromatic heterocycles. The molecule has 13 heavy (non-hydrogen) atoms. The number of nitrogens with two attached hydrogens (primary N) is 1. The monoisotopic (exact) mass is 177 g/mol. The number of benzene rings is 1. The van der Waals surface area contributed by atoms with Crippen LogP contribution in [0, 0.1) is 6.92 Å². The third-order valence-corrected chi connectivity index (χ3v) is 2.10. The molecule has 0 aliphatic rings. The molecule has 0 saturated heterocycles. The first-order chi connectivity index (χ1) is 6.19. The van der Waals surface area contributed by atoms with Crippen molar-refractivity contribution < 1.29 is 4.74 Å². The summed E-state index contributed by atoms with van der Waals surface area (Å²) in [5, 5.41) is 0.